The molecule has 0 spiro atoms. The maximum atomic E-state index is 11.8. The first-order valence-electron chi connectivity index (χ1n) is 6.38. The van der Waals surface area contributed by atoms with Crippen LogP contribution in [0.15, 0.2) is 24.3 Å². The fourth-order valence-electron chi connectivity index (χ4n) is 2.33. The zero-order chi connectivity index (χ0) is 12.8. The van der Waals surface area contributed by atoms with Crippen molar-refractivity contribution in [2.24, 2.45) is 0 Å². The van der Waals surface area contributed by atoms with Gasteiger partial charge in [0, 0.05) is 13.7 Å². The van der Waals surface area contributed by atoms with E-state index < -0.39 is 0 Å². The number of benzene rings is 1. The van der Waals surface area contributed by atoms with E-state index in [9.17, 15) is 4.79 Å². The van der Waals surface area contributed by atoms with E-state index in [1.165, 1.54) is 11.1 Å². The topological polar surface area (TPSA) is 50.4 Å². The van der Waals surface area contributed by atoms with Crippen molar-refractivity contribution in [1.82, 2.24) is 10.6 Å². The Morgan fingerprint density at radius 3 is 3.11 bits per heavy atom. The Morgan fingerprint density at radius 2 is 2.28 bits per heavy atom. The van der Waals surface area contributed by atoms with Crippen molar-refractivity contribution in [2.75, 3.05) is 26.8 Å². The molecule has 0 aliphatic heterocycles. The summed E-state index contributed by atoms with van der Waals surface area (Å²) in [5.41, 5.74) is 2.62. The summed E-state index contributed by atoms with van der Waals surface area (Å²) in [7, 11) is 1.65. The molecule has 1 aliphatic rings. The van der Waals surface area contributed by atoms with Crippen LogP contribution >= 0.6 is 0 Å². The first kappa shape index (κ1) is 13.1. The van der Waals surface area contributed by atoms with Gasteiger partial charge in [-0.15, -0.1) is 0 Å². The maximum absolute atomic E-state index is 11.8. The molecule has 0 bridgehead atoms. The number of amides is 1. The van der Waals surface area contributed by atoms with E-state index in [0.717, 1.165) is 12.8 Å². The number of carbonyl (C=O) groups excluding carboxylic acids is 1. The lowest BCUT2D eigenvalue weighted by atomic mass is 10.1. The molecular formula is C14H20N2O2. The standard InChI is InChI=1S/C14H20N2O2/c1-18-9-8-15-10-14(17)16-13-7-6-11-4-2-3-5-12(11)13/h2-5,13,15H,6-10H2,1H3,(H,16,17). The van der Waals surface area contributed by atoms with Crippen molar-refractivity contribution in [3.05, 3.63) is 35.4 Å². The third-order valence-electron chi connectivity index (χ3n) is 3.24. The number of aryl methyl sites for hydroxylation is 1. The van der Waals surface area contributed by atoms with Gasteiger partial charge in [0.05, 0.1) is 19.2 Å². The second-order valence-electron chi connectivity index (χ2n) is 4.53. The van der Waals surface area contributed by atoms with Gasteiger partial charge < -0.3 is 15.4 Å². The van der Waals surface area contributed by atoms with E-state index in [2.05, 4.69) is 28.8 Å². The molecule has 4 nitrogen and oxygen atoms in total. The Kier molecular flexibility index (Phi) is 4.73. The summed E-state index contributed by atoms with van der Waals surface area (Å²) in [5, 5.41) is 6.12. The minimum absolute atomic E-state index is 0.0489. The number of hydrogen-bond donors (Lipinski definition) is 2. The van der Waals surface area contributed by atoms with Crippen molar-refractivity contribution in [3.63, 3.8) is 0 Å². The van der Waals surface area contributed by atoms with E-state index in [-0.39, 0.29) is 11.9 Å². The van der Waals surface area contributed by atoms with Crippen LogP contribution in [-0.4, -0.2) is 32.7 Å². The van der Waals surface area contributed by atoms with Gasteiger partial charge in [-0.1, -0.05) is 24.3 Å². The SMILES string of the molecule is COCCNCC(=O)NC1CCc2ccccc21. The molecule has 1 aromatic rings. The Balaban J connectivity index is 1.79. The second-order valence-corrected chi connectivity index (χ2v) is 4.53. The predicted octanol–water partition coefficient (Wildman–Crippen LogP) is 1.03. The maximum Gasteiger partial charge on any atom is 0.234 e. The van der Waals surface area contributed by atoms with Crippen LogP contribution in [0.1, 0.15) is 23.6 Å². The molecule has 18 heavy (non-hydrogen) atoms. The van der Waals surface area contributed by atoms with Crippen LogP contribution in [0.3, 0.4) is 0 Å². The summed E-state index contributed by atoms with van der Waals surface area (Å²) in [6, 6.07) is 8.50. The lowest BCUT2D eigenvalue weighted by molar-refractivity contribution is -0.121. The number of nitrogens with one attached hydrogen (secondary N) is 2. The Labute approximate surface area is 108 Å². The monoisotopic (exact) mass is 248 g/mol. The van der Waals surface area contributed by atoms with Crippen molar-refractivity contribution in [1.29, 1.82) is 0 Å². The van der Waals surface area contributed by atoms with Crippen LogP contribution in [0.2, 0.25) is 0 Å². The molecule has 1 aromatic carbocycles. The summed E-state index contributed by atoms with van der Waals surface area (Å²) in [6.45, 7) is 1.67. The molecule has 0 saturated carbocycles. The highest BCUT2D eigenvalue weighted by molar-refractivity contribution is 5.78. The molecule has 0 heterocycles. The lowest BCUT2D eigenvalue weighted by Gasteiger charge is -2.14. The van der Waals surface area contributed by atoms with Crippen molar-refractivity contribution in [2.45, 2.75) is 18.9 Å². The first-order valence-corrected chi connectivity index (χ1v) is 6.38. The molecule has 0 radical (unpaired) electrons. The van der Waals surface area contributed by atoms with Gasteiger partial charge in [0.2, 0.25) is 5.91 Å². The number of methoxy groups -OCH3 is 1. The fraction of sp³-hybridized carbons (Fsp3) is 0.500. The van der Waals surface area contributed by atoms with Gasteiger partial charge in [-0.25, -0.2) is 0 Å². The highest BCUT2D eigenvalue weighted by atomic mass is 16.5. The van der Waals surface area contributed by atoms with Crippen LogP contribution in [0.5, 0.6) is 0 Å². The number of ether oxygens (including phenoxy) is 1. The van der Waals surface area contributed by atoms with Crippen LogP contribution in [0.4, 0.5) is 0 Å². The largest absolute Gasteiger partial charge is 0.383 e. The molecule has 98 valence electrons. The average Bonchev–Trinajstić information content (AvgIpc) is 2.78. The molecule has 1 aliphatic carbocycles. The zero-order valence-electron chi connectivity index (χ0n) is 10.7. The second kappa shape index (κ2) is 6.52. The van der Waals surface area contributed by atoms with Gasteiger partial charge in [0.15, 0.2) is 0 Å². The number of fused-ring (bicyclic) bond motifs is 1. The highest BCUT2D eigenvalue weighted by Crippen LogP contribution is 2.30. The van der Waals surface area contributed by atoms with E-state index in [1.54, 1.807) is 7.11 Å². The van der Waals surface area contributed by atoms with Crippen molar-refractivity contribution in [3.8, 4) is 0 Å². The molecular weight excluding hydrogens is 228 g/mol. The van der Waals surface area contributed by atoms with Gasteiger partial charge in [0.1, 0.15) is 0 Å². The molecule has 2 rings (SSSR count). The third-order valence-corrected chi connectivity index (χ3v) is 3.24. The molecule has 0 fully saturated rings. The fourth-order valence-corrected chi connectivity index (χ4v) is 2.33. The number of hydrogen-bond acceptors (Lipinski definition) is 3. The number of carbonyl (C=O) groups is 1. The van der Waals surface area contributed by atoms with Crippen LogP contribution < -0.4 is 10.6 Å². The molecule has 2 N–H and O–H groups in total. The predicted molar refractivity (Wildman–Crippen MR) is 70.4 cm³/mol. The summed E-state index contributed by atoms with van der Waals surface area (Å²) in [5.74, 6) is 0.0489. The normalized spacial score (nSPS) is 17.5. The summed E-state index contributed by atoms with van der Waals surface area (Å²) < 4.78 is 4.91. The molecule has 1 amide bonds. The van der Waals surface area contributed by atoms with Crippen molar-refractivity contribution < 1.29 is 9.53 Å². The molecule has 1 unspecified atom stereocenters. The Bertz CT molecular complexity index is 407. The van der Waals surface area contributed by atoms with Crippen LogP contribution in [-0.2, 0) is 16.0 Å². The van der Waals surface area contributed by atoms with E-state index in [0.29, 0.717) is 19.7 Å². The minimum Gasteiger partial charge on any atom is -0.383 e. The van der Waals surface area contributed by atoms with E-state index >= 15 is 0 Å². The quantitative estimate of drug-likeness (QED) is 0.739. The van der Waals surface area contributed by atoms with Gasteiger partial charge in [-0.2, -0.15) is 0 Å². The average molecular weight is 248 g/mol. The molecule has 1 atom stereocenters. The third kappa shape index (κ3) is 3.31. The minimum atomic E-state index is 0.0489. The van der Waals surface area contributed by atoms with Gasteiger partial charge in [-0.05, 0) is 24.0 Å². The van der Waals surface area contributed by atoms with Crippen molar-refractivity contribution >= 4 is 5.91 Å². The molecule has 4 heteroatoms. The van der Waals surface area contributed by atoms with Gasteiger partial charge in [-0.3, -0.25) is 4.79 Å². The van der Waals surface area contributed by atoms with Crippen LogP contribution in [0.25, 0.3) is 0 Å². The smallest absolute Gasteiger partial charge is 0.234 e. The first-order chi connectivity index (χ1) is 8.81. The zero-order valence-corrected chi connectivity index (χ0v) is 10.7. The summed E-state index contributed by atoms with van der Waals surface area (Å²) >= 11 is 0. The summed E-state index contributed by atoms with van der Waals surface area (Å²) in [4.78, 5) is 11.8. The Morgan fingerprint density at radius 1 is 1.44 bits per heavy atom. The molecule has 0 saturated heterocycles. The Hall–Kier alpha value is -1.39. The van der Waals surface area contributed by atoms with Gasteiger partial charge in [0.25, 0.3) is 0 Å². The number of rotatable bonds is 6. The van der Waals surface area contributed by atoms with Gasteiger partial charge >= 0.3 is 0 Å². The lowest BCUT2D eigenvalue weighted by Crippen LogP contribution is -2.36. The molecule has 0 aromatic heterocycles. The highest BCUT2D eigenvalue weighted by Gasteiger charge is 2.22. The van der Waals surface area contributed by atoms with Crippen LogP contribution in [0, 0.1) is 0 Å². The van der Waals surface area contributed by atoms with E-state index in [4.69, 9.17) is 4.74 Å². The summed E-state index contributed by atoms with van der Waals surface area (Å²) in [6.07, 6.45) is 2.06. The van der Waals surface area contributed by atoms with E-state index in [1.807, 2.05) is 6.07 Å².